The summed E-state index contributed by atoms with van der Waals surface area (Å²) < 4.78 is 41.6. The van der Waals surface area contributed by atoms with Crippen LogP contribution in [0.4, 0.5) is 0 Å². The lowest BCUT2D eigenvalue weighted by atomic mass is 10.2. The molecular weight excluding hydrogens is 400 g/mol. The predicted octanol–water partition coefficient (Wildman–Crippen LogP) is 0.782. The average molecular weight is 424 g/mol. The zero-order chi connectivity index (χ0) is 21.4. The number of rotatable bonds is 10. The van der Waals surface area contributed by atoms with Crippen LogP contribution < -0.4 is 24.2 Å². The second kappa shape index (κ2) is 10.1. The van der Waals surface area contributed by atoms with E-state index in [4.69, 9.17) is 14.2 Å². The van der Waals surface area contributed by atoms with Crippen LogP contribution in [0.5, 0.6) is 17.2 Å². The van der Waals surface area contributed by atoms with Crippen LogP contribution in [0, 0.1) is 0 Å². The van der Waals surface area contributed by atoms with Crippen molar-refractivity contribution in [2.45, 2.75) is 11.0 Å². The molecule has 2 aromatic rings. The minimum absolute atomic E-state index is 0.0516. The number of carbonyl (C=O) groups is 1. The monoisotopic (exact) mass is 424 g/mol. The molecule has 0 aliphatic heterocycles. The van der Waals surface area contributed by atoms with E-state index in [0.29, 0.717) is 17.2 Å². The number of hydrogen-bond acceptors (Lipinski definition) is 7. The Morgan fingerprint density at radius 2 is 1.66 bits per heavy atom. The summed E-state index contributed by atoms with van der Waals surface area (Å²) in [5.74, 6) is 0.811. The molecule has 0 heterocycles. The SMILES string of the molecule is CNS(=O)(=O)c1ccc(C(=O)NCC(O)COc2c(OC)cccc2OC)cc1. The molecule has 10 heteroatoms. The number of amides is 1. The number of sulfonamides is 1. The molecule has 1 amide bonds. The first-order chi connectivity index (χ1) is 13.8. The molecule has 0 fully saturated rings. The third-order valence-corrected chi connectivity index (χ3v) is 5.43. The molecule has 2 aromatic carbocycles. The molecule has 0 aromatic heterocycles. The molecule has 0 bridgehead atoms. The zero-order valence-corrected chi connectivity index (χ0v) is 17.2. The Morgan fingerprint density at radius 1 is 1.07 bits per heavy atom. The standard InChI is InChI=1S/C19H24N2O7S/c1-20-29(24,25)15-9-7-13(8-10-15)19(23)21-11-14(22)12-28-18-16(26-2)5-4-6-17(18)27-3/h4-10,14,20,22H,11-12H2,1-3H3,(H,21,23). The Hall–Kier alpha value is -2.82. The number of aliphatic hydroxyl groups excluding tert-OH is 1. The van der Waals surface area contributed by atoms with Gasteiger partial charge in [-0.1, -0.05) is 6.07 Å². The van der Waals surface area contributed by atoms with Gasteiger partial charge in [0.05, 0.1) is 19.1 Å². The summed E-state index contributed by atoms with van der Waals surface area (Å²) in [5, 5.41) is 12.7. The van der Waals surface area contributed by atoms with E-state index in [1.165, 1.54) is 45.5 Å². The van der Waals surface area contributed by atoms with Crippen molar-refractivity contribution < 1.29 is 32.5 Å². The van der Waals surface area contributed by atoms with Gasteiger partial charge in [-0.3, -0.25) is 4.79 Å². The minimum atomic E-state index is -3.57. The molecule has 1 unspecified atom stereocenters. The maximum atomic E-state index is 12.2. The molecule has 3 N–H and O–H groups in total. The molecular formula is C19H24N2O7S. The number of methoxy groups -OCH3 is 2. The van der Waals surface area contributed by atoms with Gasteiger partial charge in [0.25, 0.3) is 5.91 Å². The smallest absolute Gasteiger partial charge is 0.251 e. The molecule has 0 radical (unpaired) electrons. The lowest BCUT2D eigenvalue weighted by molar-refractivity contribution is 0.0833. The van der Waals surface area contributed by atoms with E-state index < -0.39 is 22.0 Å². The van der Waals surface area contributed by atoms with Crippen molar-refractivity contribution in [1.29, 1.82) is 0 Å². The first-order valence-electron chi connectivity index (χ1n) is 8.66. The number of carbonyl (C=O) groups excluding carboxylic acids is 1. The number of ether oxygens (including phenoxy) is 3. The average Bonchev–Trinajstić information content (AvgIpc) is 2.75. The lowest BCUT2D eigenvalue weighted by Crippen LogP contribution is -2.35. The van der Waals surface area contributed by atoms with Crippen molar-refractivity contribution in [2.75, 3.05) is 34.4 Å². The molecule has 0 spiro atoms. The Morgan fingerprint density at radius 3 is 2.17 bits per heavy atom. The Kier molecular flexibility index (Phi) is 7.82. The summed E-state index contributed by atoms with van der Waals surface area (Å²) in [6.45, 7) is -0.163. The number of nitrogens with one attached hydrogen (secondary N) is 2. The fourth-order valence-corrected chi connectivity index (χ4v) is 3.14. The second-order valence-corrected chi connectivity index (χ2v) is 7.78. The number of para-hydroxylation sites is 1. The van der Waals surface area contributed by atoms with Crippen LogP contribution in [-0.2, 0) is 10.0 Å². The molecule has 0 saturated heterocycles. The van der Waals surface area contributed by atoms with Crippen LogP contribution in [0.25, 0.3) is 0 Å². The summed E-state index contributed by atoms with van der Waals surface area (Å²) in [7, 11) is 0.718. The highest BCUT2D eigenvalue weighted by atomic mass is 32.2. The quantitative estimate of drug-likeness (QED) is 0.515. The topological polar surface area (TPSA) is 123 Å². The molecule has 9 nitrogen and oxygen atoms in total. The van der Waals surface area contributed by atoms with Gasteiger partial charge < -0.3 is 24.6 Å². The van der Waals surface area contributed by atoms with Crippen LogP contribution in [0.1, 0.15) is 10.4 Å². The van der Waals surface area contributed by atoms with E-state index >= 15 is 0 Å². The summed E-state index contributed by atoms with van der Waals surface area (Å²) >= 11 is 0. The third-order valence-electron chi connectivity index (χ3n) is 4.00. The van der Waals surface area contributed by atoms with Crippen molar-refractivity contribution in [2.24, 2.45) is 0 Å². The van der Waals surface area contributed by atoms with E-state index in [-0.39, 0.29) is 23.6 Å². The highest BCUT2D eigenvalue weighted by Gasteiger charge is 2.16. The van der Waals surface area contributed by atoms with Gasteiger partial charge in [0.2, 0.25) is 15.8 Å². The van der Waals surface area contributed by atoms with E-state index in [9.17, 15) is 18.3 Å². The Balaban J connectivity index is 1.91. The second-order valence-electron chi connectivity index (χ2n) is 5.90. The van der Waals surface area contributed by atoms with Gasteiger partial charge in [-0.2, -0.15) is 0 Å². The minimum Gasteiger partial charge on any atom is -0.493 e. The summed E-state index contributed by atoms with van der Waals surface area (Å²) in [5.41, 5.74) is 0.263. The third kappa shape index (κ3) is 5.83. The van der Waals surface area contributed by atoms with Gasteiger partial charge in [0.1, 0.15) is 12.7 Å². The highest BCUT2D eigenvalue weighted by molar-refractivity contribution is 7.89. The first kappa shape index (κ1) is 22.5. The van der Waals surface area contributed by atoms with Crippen molar-refractivity contribution in [3.05, 3.63) is 48.0 Å². The van der Waals surface area contributed by atoms with E-state index in [1.54, 1.807) is 18.2 Å². The molecule has 0 aliphatic rings. The fourth-order valence-electron chi connectivity index (χ4n) is 2.41. The van der Waals surface area contributed by atoms with Gasteiger partial charge in [-0.25, -0.2) is 13.1 Å². The van der Waals surface area contributed by atoms with Crippen molar-refractivity contribution in [1.82, 2.24) is 10.0 Å². The zero-order valence-electron chi connectivity index (χ0n) is 16.3. The largest absolute Gasteiger partial charge is 0.493 e. The van der Waals surface area contributed by atoms with Crippen LogP contribution in [0.3, 0.4) is 0 Å². The maximum absolute atomic E-state index is 12.2. The van der Waals surface area contributed by atoms with Crippen molar-refractivity contribution in [3.8, 4) is 17.2 Å². The molecule has 29 heavy (non-hydrogen) atoms. The molecule has 1 atom stereocenters. The van der Waals surface area contributed by atoms with Crippen molar-refractivity contribution >= 4 is 15.9 Å². The van der Waals surface area contributed by atoms with Crippen molar-refractivity contribution in [3.63, 3.8) is 0 Å². The van der Waals surface area contributed by atoms with E-state index in [2.05, 4.69) is 10.0 Å². The predicted molar refractivity (Wildman–Crippen MR) is 106 cm³/mol. The lowest BCUT2D eigenvalue weighted by Gasteiger charge is -2.17. The summed E-state index contributed by atoms with van der Waals surface area (Å²) in [4.78, 5) is 12.2. The Labute approximate surface area is 169 Å². The van der Waals surface area contributed by atoms with E-state index in [0.717, 1.165) is 0 Å². The number of aliphatic hydroxyl groups is 1. The number of benzene rings is 2. The molecule has 0 aliphatic carbocycles. The van der Waals surface area contributed by atoms with Crippen LogP contribution in [0.2, 0.25) is 0 Å². The van der Waals surface area contributed by atoms with Gasteiger partial charge in [0.15, 0.2) is 11.5 Å². The fraction of sp³-hybridized carbons (Fsp3) is 0.316. The van der Waals surface area contributed by atoms with Crippen LogP contribution >= 0.6 is 0 Å². The molecule has 2 rings (SSSR count). The summed E-state index contributed by atoms with van der Waals surface area (Å²) in [6, 6.07) is 10.6. The van der Waals surface area contributed by atoms with Gasteiger partial charge >= 0.3 is 0 Å². The molecule has 0 saturated carbocycles. The summed E-state index contributed by atoms with van der Waals surface area (Å²) in [6.07, 6.45) is -0.988. The maximum Gasteiger partial charge on any atom is 0.251 e. The number of hydrogen-bond donors (Lipinski definition) is 3. The van der Waals surface area contributed by atoms with Crippen LogP contribution in [0.15, 0.2) is 47.4 Å². The van der Waals surface area contributed by atoms with Gasteiger partial charge in [0, 0.05) is 12.1 Å². The van der Waals surface area contributed by atoms with Crippen LogP contribution in [-0.4, -0.2) is 60.0 Å². The van der Waals surface area contributed by atoms with E-state index in [1.807, 2.05) is 0 Å². The van der Waals surface area contributed by atoms with Gasteiger partial charge in [-0.05, 0) is 43.4 Å². The van der Waals surface area contributed by atoms with Gasteiger partial charge in [-0.15, -0.1) is 0 Å². The first-order valence-corrected chi connectivity index (χ1v) is 10.1. The highest BCUT2D eigenvalue weighted by Crippen LogP contribution is 2.36. The molecule has 158 valence electrons. The Bertz CT molecular complexity index is 908. The normalized spacial score (nSPS) is 12.1.